The second kappa shape index (κ2) is 9.83. The van der Waals surface area contributed by atoms with Gasteiger partial charge in [0.1, 0.15) is 25.0 Å². The van der Waals surface area contributed by atoms with Gasteiger partial charge in [0.05, 0.1) is 24.2 Å². The highest BCUT2D eigenvalue weighted by Crippen LogP contribution is 2.30. The van der Waals surface area contributed by atoms with Crippen molar-refractivity contribution in [2.45, 2.75) is 11.0 Å². The highest BCUT2D eigenvalue weighted by molar-refractivity contribution is 7.92. The SMILES string of the molecule is COc1ccc(N(CC(=O)NC[C@H]2COc3ccccc3O2)S(=O)(=O)c2ccccc2)cc1. The van der Waals surface area contributed by atoms with Crippen molar-refractivity contribution >= 4 is 21.6 Å². The number of benzene rings is 3. The highest BCUT2D eigenvalue weighted by Gasteiger charge is 2.28. The second-order valence-electron chi connectivity index (χ2n) is 7.32. The summed E-state index contributed by atoms with van der Waals surface area (Å²) in [5.41, 5.74) is 0.348. The van der Waals surface area contributed by atoms with E-state index in [1.54, 1.807) is 48.5 Å². The van der Waals surface area contributed by atoms with Crippen molar-refractivity contribution in [1.82, 2.24) is 5.32 Å². The van der Waals surface area contributed by atoms with Crippen molar-refractivity contribution in [2.24, 2.45) is 0 Å². The molecule has 1 heterocycles. The van der Waals surface area contributed by atoms with Crippen LogP contribution in [0.3, 0.4) is 0 Å². The van der Waals surface area contributed by atoms with Gasteiger partial charge < -0.3 is 19.5 Å². The van der Waals surface area contributed by atoms with E-state index in [0.717, 1.165) is 4.31 Å². The van der Waals surface area contributed by atoms with Gasteiger partial charge >= 0.3 is 0 Å². The Kier molecular flexibility index (Phi) is 6.69. The molecule has 0 aliphatic carbocycles. The van der Waals surface area contributed by atoms with Gasteiger partial charge in [-0.25, -0.2) is 8.42 Å². The molecule has 0 bridgehead atoms. The summed E-state index contributed by atoms with van der Waals surface area (Å²) in [4.78, 5) is 12.9. The van der Waals surface area contributed by atoms with Crippen LogP contribution in [0.4, 0.5) is 5.69 Å². The number of carbonyl (C=O) groups excluding carboxylic acids is 1. The van der Waals surface area contributed by atoms with Gasteiger partial charge in [0.15, 0.2) is 11.5 Å². The van der Waals surface area contributed by atoms with Crippen LogP contribution in [0.25, 0.3) is 0 Å². The monoisotopic (exact) mass is 468 g/mol. The Labute approximate surface area is 192 Å². The lowest BCUT2D eigenvalue weighted by molar-refractivity contribution is -0.120. The zero-order valence-electron chi connectivity index (χ0n) is 18.0. The predicted molar refractivity (Wildman–Crippen MR) is 123 cm³/mol. The van der Waals surface area contributed by atoms with Crippen LogP contribution in [0.1, 0.15) is 0 Å². The Morgan fingerprint density at radius 2 is 1.67 bits per heavy atom. The first-order valence-electron chi connectivity index (χ1n) is 10.3. The molecule has 1 aliphatic heterocycles. The van der Waals surface area contributed by atoms with Gasteiger partial charge in [-0.05, 0) is 48.5 Å². The number of fused-ring (bicyclic) bond motifs is 1. The summed E-state index contributed by atoms with van der Waals surface area (Å²) < 4.78 is 44.4. The number of rotatable bonds is 8. The highest BCUT2D eigenvalue weighted by atomic mass is 32.2. The normalized spacial score (nSPS) is 14.9. The minimum absolute atomic E-state index is 0.0919. The van der Waals surface area contributed by atoms with Crippen LogP contribution in [0.5, 0.6) is 17.2 Å². The van der Waals surface area contributed by atoms with Gasteiger partial charge in [0, 0.05) is 0 Å². The summed E-state index contributed by atoms with van der Waals surface area (Å²) in [7, 11) is -2.45. The van der Waals surface area contributed by atoms with Crippen molar-refractivity contribution in [3.8, 4) is 17.2 Å². The summed E-state index contributed by atoms with van der Waals surface area (Å²) >= 11 is 0. The molecule has 0 radical (unpaired) electrons. The number of amides is 1. The molecule has 9 heteroatoms. The first-order chi connectivity index (χ1) is 16.0. The quantitative estimate of drug-likeness (QED) is 0.546. The maximum Gasteiger partial charge on any atom is 0.264 e. The zero-order valence-corrected chi connectivity index (χ0v) is 18.8. The van der Waals surface area contributed by atoms with E-state index in [1.165, 1.54) is 19.2 Å². The molecule has 1 amide bonds. The molecule has 3 aromatic carbocycles. The minimum atomic E-state index is -3.98. The Balaban J connectivity index is 1.48. The van der Waals surface area contributed by atoms with Crippen molar-refractivity contribution in [3.05, 3.63) is 78.9 Å². The summed E-state index contributed by atoms with van der Waals surface area (Å²) in [6.45, 7) is 0.0600. The van der Waals surface area contributed by atoms with Gasteiger partial charge in [-0.1, -0.05) is 30.3 Å². The number of para-hydroxylation sites is 2. The average Bonchev–Trinajstić information content (AvgIpc) is 2.86. The molecule has 172 valence electrons. The van der Waals surface area contributed by atoms with Crippen LogP contribution in [0.2, 0.25) is 0 Å². The van der Waals surface area contributed by atoms with E-state index in [2.05, 4.69) is 5.32 Å². The summed E-state index contributed by atoms with van der Waals surface area (Å²) in [5, 5.41) is 2.75. The Morgan fingerprint density at radius 3 is 2.36 bits per heavy atom. The topological polar surface area (TPSA) is 94.2 Å². The van der Waals surface area contributed by atoms with Crippen molar-refractivity contribution in [2.75, 3.05) is 31.1 Å². The fraction of sp³-hybridized carbons (Fsp3) is 0.208. The molecule has 0 fully saturated rings. The summed E-state index contributed by atoms with van der Waals surface area (Å²) in [5.74, 6) is 1.37. The van der Waals surface area contributed by atoms with Gasteiger partial charge in [-0.15, -0.1) is 0 Å². The largest absolute Gasteiger partial charge is 0.497 e. The molecule has 4 rings (SSSR count). The molecular formula is C24H24N2O6S. The molecule has 3 aromatic rings. The molecule has 0 unspecified atom stereocenters. The van der Waals surface area contributed by atoms with E-state index in [4.69, 9.17) is 14.2 Å². The molecule has 8 nitrogen and oxygen atoms in total. The smallest absolute Gasteiger partial charge is 0.264 e. The van der Waals surface area contributed by atoms with Gasteiger partial charge in [0.2, 0.25) is 5.91 Å². The van der Waals surface area contributed by atoms with Crippen LogP contribution in [0, 0.1) is 0 Å². The number of ether oxygens (including phenoxy) is 3. The van der Waals surface area contributed by atoms with E-state index in [0.29, 0.717) is 22.9 Å². The van der Waals surface area contributed by atoms with E-state index in [1.807, 2.05) is 18.2 Å². The fourth-order valence-corrected chi connectivity index (χ4v) is 4.80. The fourth-order valence-electron chi connectivity index (χ4n) is 3.36. The predicted octanol–water partition coefficient (Wildman–Crippen LogP) is 2.85. The van der Waals surface area contributed by atoms with E-state index < -0.39 is 22.5 Å². The van der Waals surface area contributed by atoms with Crippen molar-refractivity contribution in [1.29, 1.82) is 0 Å². The van der Waals surface area contributed by atoms with Crippen LogP contribution >= 0.6 is 0 Å². The molecule has 1 aliphatic rings. The van der Waals surface area contributed by atoms with Crippen LogP contribution in [0.15, 0.2) is 83.8 Å². The van der Waals surface area contributed by atoms with E-state index in [9.17, 15) is 13.2 Å². The molecule has 0 aromatic heterocycles. The minimum Gasteiger partial charge on any atom is -0.497 e. The Bertz CT molecular complexity index is 1200. The Hall–Kier alpha value is -3.72. The van der Waals surface area contributed by atoms with Gasteiger partial charge in [0.25, 0.3) is 10.0 Å². The third-order valence-electron chi connectivity index (χ3n) is 5.07. The lowest BCUT2D eigenvalue weighted by Gasteiger charge is -2.27. The molecule has 33 heavy (non-hydrogen) atoms. The standard InChI is InChI=1S/C24H24N2O6S/c1-30-19-13-11-18(12-14-19)26(33(28,29)21-7-3-2-4-8-21)16-24(27)25-15-20-17-31-22-9-5-6-10-23(22)32-20/h2-14,20H,15-17H2,1H3,(H,25,27)/t20-/m0/s1. The third-order valence-corrected chi connectivity index (χ3v) is 6.86. The lowest BCUT2D eigenvalue weighted by Crippen LogP contribution is -2.45. The maximum atomic E-state index is 13.3. The number of hydrogen-bond acceptors (Lipinski definition) is 6. The maximum absolute atomic E-state index is 13.3. The van der Waals surface area contributed by atoms with Crippen molar-refractivity contribution in [3.63, 3.8) is 0 Å². The number of carbonyl (C=O) groups is 1. The van der Waals surface area contributed by atoms with Crippen LogP contribution in [-0.4, -0.2) is 47.2 Å². The molecule has 1 atom stereocenters. The van der Waals surface area contributed by atoms with Gasteiger partial charge in [-0.3, -0.25) is 9.10 Å². The first-order valence-corrected chi connectivity index (χ1v) is 11.8. The van der Waals surface area contributed by atoms with Crippen molar-refractivity contribution < 1.29 is 27.4 Å². The number of sulfonamides is 1. The molecule has 0 saturated carbocycles. The van der Waals surface area contributed by atoms with Crippen LogP contribution in [-0.2, 0) is 14.8 Å². The number of anilines is 1. The third kappa shape index (κ3) is 5.20. The molecule has 0 saturated heterocycles. The molecular weight excluding hydrogens is 444 g/mol. The van der Waals surface area contributed by atoms with E-state index >= 15 is 0 Å². The first kappa shape index (κ1) is 22.5. The second-order valence-corrected chi connectivity index (χ2v) is 9.19. The van der Waals surface area contributed by atoms with Gasteiger partial charge in [-0.2, -0.15) is 0 Å². The number of methoxy groups -OCH3 is 1. The number of nitrogens with zero attached hydrogens (tertiary/aromatic N) is 1. The summed E-state index contributed by atoms with van der Waals surface area (Å²) in [6.07, 6.45) is -0.385. The molecule has 1 N–H and O–H groups in total. The zero-order chi connectivity index (χ0) is 23.3. The molecule has 0 spiro atoms. The lowest BCUT2D eigenvalue weighted by atomic mass is 10.2. The average molecular weight is 469 g/mol. The number of nitrogens with one attached hydrogen (secondary N) is 1. The van der Waals surface area contributed by atoms with E-state index in [-0.39, 0.29) is 24.2 Å². The summed E-state index contributed by atoms with van der Waals surface area (Å²) in [6, 6.07) is 21.8. The van der Waals surface area contributed by atoms with Crippen LogP contribution < -0.4 is 23.8 Å². The number of hydrogen-bond donors (Lipinski definition) is 1. The Morgan fingerprint density at radius 1 is 1.00 bits per heavy atom.